The van der Waals surface area contributed by atoms with Crippen LogP contribution in [0, 0.1) is 0 Å². The fourth-order valence-electron chi connectivity index (χ4n) is 3.14. The number of para-hydroxylation sites is 1. The van der Waals surface area contributed by atoms with Crippen molar-refractivity contribution in [2.75, 3.05) is 11.1 Å². The molecule has 114 valence electrons. The fraction of sp³-hybridized carbons (Fsp3) is 0.316. The largest absolute Gasteiger partial charge is 0.398 e. The molecule has 0 bridgehead atoms. The van der Waals surface area contributed by atoms with Crippen molar-refractivity contribution >= 4 is 17.3 Å². The summed E-state index contributed by atoms with van der Waals surface area (Å²) < 4.78 is 0. The van der Waals surface area contributed by atoms with Crippen LogP contribution in [-0.2, 0) is 19.3 Å². The minimum absolute atomic E-state index is 0.119. The predicted octanol–water partition coefficient (Wildman–Crippen LogP) is 3.96. The third-order valence-electron chi connectivity index (χ3n) is 4.41. The number of carbonyl (C=O) groups is 1. The molecule has 0 spiro atoms. The molecule has 0 heterocycles. The highest BCUT2D eigenvalue weighted by Crippen LogP contribution is 2.27. The maximum absolute atomic E-state index is 12.6. The average molecular weight is 294 g/mol. The molecule has 3 rings (SSSR count). The highest BCUT2D eigenvalue weighted by Gasteiger charge is 2.17. The molecule has 1 aliphatic carbocycles. The summed E-state index contributed by atoms with van der Waals surface area (Å²) in [7, 11) is 0. The Balaban J connectivity index is 1.89. The molecule has 22 heavy (non-hydrogen) atoms. The molecule has 3 nitrogen and oxygen atoms in total. The first-order chi connectivity index (χ1) is 10.7. The molecule has 3 N–H and O–H groups in total. The number of aryl methyl sites for hydroxylation is 3. The molecule has 0 aromatic heterocycles. The van der Waals surface area contributed by atoms with Gasteiger partial charge in [-0.15, -0.1) is 0 Å². The van der Waals surface area contributed by atoms with Gasteiger partial charge in [-0.2, -0.15) is 0 Å². The first-order valence-corrected chi connectivity index (χ1v) is 7.99. The molecule has 2 aromatic carbocycles. The van der Waals surface area contributed by atoms with E-state index in [1.165, 1.54) is 24.0 Å². The second kappa shape index (κ2) is 6.22. The van der Waals surface area contributed by atoms with Gasteiger partial charge in [-0.1, -0.05) is 25.1 Å². The van der Waals surface area contributed by atoms with Crippen molar-refractivity contribution in [2.24, 2.45) is 0 Å². The van der Waals surface area contributed by atoms with Gasteiger partial charge in [-0.25, -0.2) is 0 Å². The molecule has 0 unspecified atom stereocenters. The Hall–Kier alpha value is -2.29. The van der Waals surface area contributed by atoms with Crippen LogP contribution in [0.2, 0.25) is 0 Å². The zero-order valence-electron chi connectivity index (χ0n) is 13.0. The lowest BCUT2D eigenvalue weighted by molar-refractivity contribution is 0.102. The lowest BCUT2D eigenvalue weighted by Gasteiger charge is -2.18. The lowest BCUT2D eigenvalue weighted by Crippen LogP contribution is -2.17. The van der Waals surface area contributed by atoms with E-state index in [0.29, 0.717) is 11.3 Å². The number of anilines is 2. The Labute approximate surface area is 131 Å². The Morgan fingerprint density at radius 3 is 2.55 bits per heavy atom. The van der Waals surface area contributed by atoms with Gasteiger partial charge in [-0.05, 0) is 67.0 Å². The van der Waals surface area contributed by atoms with Crippen molar-refractivity contribution < 1.29 is 4.79 Å². The molecular formula is C19H22N2O. The molecule has 1 aliphatic rings. The Bertz CT molecular complexity index is 707. The summed E-state index contributed by atoms with van der Waals surface area (Å²) >= 11 is 0. The number of nitrogens with one attached hydrogen (secondary N) is 1. The van der Waals surface area contributed by atoms with Gasteiger partial charge in [0.15, 0.2) is 0 Å². The Morgan fingerprint density at radius 2 is 1.82 bits per heavy atom. The van der Waals surface area contributed by atoms with Crippen LogP contribution in [-0.4, -0.2) is 5.91 Å². The normalized spacial score (nSPS) is 13.5. The van der Waals surface area contributed by atoms with Gasteiger partial charge >= 0.3 is 0 Å². The van der Waals surface area contributed by atoms with Gasteiger partial charge in [0.1, 0.15) is 0 Å². The third kappa shape index (κ3) is 2.84. The van der Waals surface area contributed by atoms with E-state index in [0.717, 1.165) is 30.5 Å². The van der Waals surface area contributed by atoms with Crippen LogP contribution in [0.3, 0.4) is 0 Å². The number of fused-ring (bicyclic) bond motifs is 1. The average Bonchev–Trinajstić information content (AvgIpc) is 2.54. The summed E-state index contributed by atoms with van der Waals surface area (Å²) in [6.45, 7) is 2.08. The SMILES string of the molecule is CCc1ccccc1NC(=O)c1cc2c(cc1N)CCCC2. The molecule has 0 aliphatic heterocycles. The number of hydrogen-bond donors (Lipinski definition) is 2. The zero-order chi connectivity index (χ0) is 15.5. The van der Waals surface area contributed by atoms with Gasteiger partial charge in [0, 0.05) is 11.4 Å². The van der Waals surface area contributed by atoms with Crippen molar-refractivity contribution in [3.05, 3.63) is 58.7 Å². The maximum Gasteiger partial charge on any atom is 0.257 e. The minimum atomic E-state index is -0.119. The third-order valence-corrected chi connectivity index (χ3v) is 4.41. The topological polar surface area (TPSA) is 55.1 Å². The molecule has 2 aromatic rings. The molecule has 0 saturated heterocycles. The van der Waals surface area contributed by atoms with E-state index in [2.05, 4.69) is 12.2 Å². The molecule has 0 fully saturated rings. The molecule has 3 heteroatoms. The van der Waals surface area contributed by atoms with E-state index in [9.17, 15) is 4.79 Å². The van der Waals surface area contributed by atoms with Gasteiger partial charge < -0.3 is 11.1 Å². The van der Waals surface area contributed by atoms with Crippen LogP contribution >= 0.6 is 0 Å². The fourth-order valence-corrected chi connectivity index (χ4v) is 3.14. The van der Waals surface area contributed by atoms with Crippen LogP contribution < -0.4 is 11.1 Å². The van der Waals surface area contributed by atoms with Crippen LogP contribution in [0.15, 0.2) is 36.4 Å². The number of carbonyl (C=O) groups excluding carboxylic acids is 1. The van der Waals surface area contributed by atoms with Gasteiger partial charge in [0.25, 0.3) is 5.91 Å². The molecule has 0 radical (unpaired) electrons. The Kier molecular flexibility index (Phi) is 4.14. The second-order valence-corrected chi connectivity index (χ2v) is 5.88. The minimum Gasteiger partial charge on any atom is -0.398 e. The zero-order valence-corrected chi connectivity index (χ0v) is 13.0. The number of nitrogens with two attached hydrogens (primary N) is 1. The number of rotatable bonds is 3. The summed E-state index contributed by atoms with van der Waals surface area (Å²) in [4.78, 5) is 12.6. The first-order valence-electron chi connectivity index (χ1n) is 7.99. The van der Waals surface area contributed by atoms with Gasteiger partial charge in [0.2, 0.25) is 0 Å². The van der Waals surface area contributed by atoms with E-state index in [1.54, 1.807) is 0 Å². The maximum atomic E-state index is 12.6. The van der Waals surface area contributed by atoms with Crippen molar-refractivity contribution in [1.29, 1.82) is 0 Å². The van der Waals surface area contributed by atoms with Crippen LogP contribution in [0.4, 0.5) is 11.4 Å². The number of amides is 1. The van der Waals surface area contributed by atoms with E-state index in [4.69, 9.17) is 5.73 Å². The van der Waals surface area contributed by atoms with Crippen LogP contribution in [0.25, 0.3) is 0 Å². The van der Waals surface area contributed by atoms with Crippen molar-refractivity contribution in [3.63, 3.8) is 0 Å². The monoisotopic (exact) mass is 294 g/mol. The van der Waals surface area contributed by atoms with Crippen molar-refractivity contribution in [1.82, 2.24) is 0 Å². The smallest absolute Gasteiger partial charge is 0.257 e. The van der Waals surface area contributed by atoms with E-state index in [-0.39, 0.29) is 5.91 Å². The summed E-state index contributed by atoms with van der Waals surface area (Å²) in [6, 6.07) is 11.9. The molecule has 1 amide bonds. The predicted molar refractivity (Wildman–Crippen MR) is 91.3 cm³/mol. The van der Waals surface area contributed by atoms with E-state index < -0.39 is 0 Å². The Morgan fingerprint density at radius 1 is 1.14 bits per heavy atom. The molecule has 0 saturated carbocycles. The molecular weight excluding hydrogens is 272 g/mol. The number of nitrogen functional groups attached to an aromatic ring is 1. The summed E-state index contributed by atoms with van der Waals surface area (Å²) in [6.07, 6.45) is 5.40. The number of benzene rings is 2. The van der Waals surface area contributed by atoms with Gasteiger partial charge in [0.05, 0.1) is 5.56 Å². The van der Waals surface area contributed by atoms with Crippen LogP contribution in [0.1, 0.15) is 46.8 Å². The standard InChI is InChI=1S/C19H22N2O/c1-2-13-7-5-6-10-18(13)21-19(22)16-11-14-8-3-4-9-15(14)12-17(16)20/h5-7,10-12H,2-4,8-9,20H2,1H3,(H,21,22). The first kappa shape index (κ1) is 14.6. The quantitative estimate of drug-likeness (QED) is 0.842. The summed E-state index contributed by atoms with van der Waals surface area (Å²) in [5, 5.41) is 3.01. The van der Waals surface area contributed by atoms with Crippen LogP contribution in [0.5, 0.6) is 0 Å². The van der Waals surface area contributed by atoms with Gasteiger partial charge in [-0.3, -0.25) is 4.79 Å². The number of hydrogen-bond acceptors (Lipinski definition) is 2. The van der Waals surface area contributed by atoms with Crippen molar-refractivity contribution in [3.8, 4) is 0 Å². The van der Waals surface area contributed by atoms with E-state index >= 15 is 0 Å². The highest BCUT2D eigenvalue weighted by atomic mass is 16.1. The van der Waals surface area contributed by atoms with Crippen molar-refractivity contribution in [2.45, 2.75) is 39.0 Å². The summed E-state index contributed by atoms with van der Waals surface area (Å²) in [5.74, 6) is -0.119. The lowest BCUT2D eigenvalue weighted by atomic mass is 9.89. The highest BCUT2D eigenvalue weighted by molar-refractivity contribution is 6.08. The summed E-state index contributed by atoms with van der Waals surface area (Å²) in [5.41, 5.74) is 11.8. The van der Waals surface area contributed by atoms with E-state index in [1.807, 2.05) is 36.4 Å². The second-order valence-electron chi connectivity index (χ2n) is 5.88. The molecule has 0 atom stereocenters.